The Morgan fingerprint density at radius 3 is 2.88 bits per heavy atom. The van der Waals surface area contributed by atoms with Gasteiger partial charge >= 0.3 is 0 Å². The van der Waals surface area contributed by atoms with Gasteiger partial charge in [0, 0.05) is 0 Å². The minimum atomic E-state index is -0.279. The number of aromatic nitrogens is 1. The fourth-order valence-corrected chi connectivity index (χ4v) is 2.25. The maximum Gasteiger partial charge on any atom is 0.289 e. The molecule has 1 aliphatic heterocycles. The maximum absolute atomic E-state index is 11.4. The molecule has 0 atom stereocenters. The van der Waals surface area contributed by atoms with E-state index in [-0.39, 0.29) is 23.4 Å². The van der Waals surface area contributed by atoms with E-state index in [4.69, 9.17) is 17.4 Å². The van der Waals surface area contributed by atoms with Gasteiger partial charge in [0.2, 0.25) is 5.91 Å². The molecule has 1 aromatic rings. The Morgan fingerprint density at radius 2 is 2.29 bits per heavy atom. The molecule has 90 valence electrons. The van der Waals surface area contributed by atoms with E-state index in [1.165, 1.54) is 0 Å². The summed E-state index contributed by atoms with van der Waals surface area (Å²) in [5.74, 6) is 5.59. The zero-order chi connectivity index (χ0) is 12.4. The molecule has 0 saturated carbocycles. The normalized spacial score (nSPS) is 15.5. The van der Waals surface area contributed by atoms with Gasteiger partial charge in [0.05, 0.1) is 23.0 Å². The summed E-state index contributed by atoms with van der Waals surface area (Å²) in [7, 11) is 0. The van der Waals surface area contributed by atoms with Crippen LogP contribution in [0.2, 0.25) is 5.02 Å². The molecule has 2 heterocycles. The van der Waals surface area contributed by atoms with Gasteiger partial charge in [-0.15, -0.1) is 0 Å². The highest BCUT2D eigenvalue weighted by atomic mass is 35.5. The van der Waals surface area contributed by atoms with E-state index in [0.717, 1.165) is 16.7 Å². The Balaban J connectivity index is 2.23. The molecule has 1 aliphatic rings. The van der Waals surface area contributed by atoms with Crippen LogP contribution < -0.4 is 11.3 Å². The van der Waals surface area contributed by atoms with Crippen molar-refractivity contribution in [2.75, 3.05) is 11.2 Å². The number of nitrogens with zero attached hydrogens (tertiary/aromatic N) is 2. The average Bonchev–Trinajstić information content (AvgIpc) is 2.63. The lowest BCUT2D eigenvalue weighted by Crippen LogP contribution is -2.28. The fraction of sp³-hybridized carbons (Fsp3) is 0.222. The van der Waals surface area contributed by atoms with Gasteiger partial charge in [-0.1, -0.05) is 23.4 Å². The highest BCUT2D eigenvalue weighted by Crippen LogP contribution is 2.24. The zero-order valence-electron chi connectivity index (χ0n) is 8.64. The summed E-state index contributed by atoms with van der Waals surface area (Å²) < 4.78 is 0. The second-order valence-corrected chi connectivity index (χ2v) is 4.64. The van der Waals surface area contributed by atoms with Crippen molar-refractivity contribution in [2.45, 2.75) is 6.54 Å². The van der Waals surface area contributed by atoms with Crippen LogP contribution in [0.15, 0.2) is 12.1 Å². The first-order valence-corrected chi connectivity index (χ1v) is 6.07. The minimum absolute atomic E-state index is 0.0685. The van der Waals surface area contributed by atoms with Crippen LogP contribution in [-0.4, -0.2) is 26.8 Å². The molecule has 0 radical (unpaired) electrons. The third kappa shape index (κ3) is 2.51. The Morgan fingerprint density at radius 1 is 1.53 bits per heavy atom. The van der Waals surface area contributed by atoms with Gasteiger partial charge in [0.15, 0.2) is 0 Å². The van der Waals surface area contributed by atoms with Crippen LogP contribution in [0, 0.1) is 0 Å². The molecule has 17 heavy (non-hydrogen) atoms. The smallest absolute Gasteiger partial charge is 0.289 e. The largest absolute Gasteiger partial charge is 0.308 e. The van der Waals surface area contributed by atoms with E-state index in [1.54, 1.807) is 12.1 Å². The van der Waals surface area contributed by atoms with Gasteiger partial charge in [-0.3, -0.25) is 14.5 Å². The molecule has 0 bridgehead atoms. The number of nitrogens with one attached hydrogen (secondary N) is 1. The summed E-state index contributed by atoms with van der Waals surface area (Å²) >= 11 is 6.91. The van der Waals surface area contributed by atoms with Gasteiger partial charge in [-0.05, 0) is 12.1 Å². The molecule has 0 unspecified atom stereocenters. The topological polar surface area (TPSA) is 88.3 Å². The monoisotopic (exact) mass is 272 g/mol. The number of hydrogen-bond donors (Lipinski definition) is 2. The molecule has 8 heteroatoms. The Kier molecular flexibility index (Phi) is 3.51. The molecule has 0 spiro atoms. The number of pyridine rings is 1. The third-order valence-electron chi connectivity index (χ3n) is 2.21. The standard InChI is InChI=1S/C9H9ClN4O2S/c10-5-1-2-7(13-11)12-6(5)3-14-8(15)4-17-9(14)16/h1-2H,3-4,11H2,(H,12,13). The number of imide groups is 1. The summed E-state index contributed by atoms with van der Waals surface area (Å²) in [5, 5.41) is 0.112. The number of nitrogens with two attached hydrogens (primary N) is 1. The van der Waals surface area contributed by atoms with Crippen molar-refractivity contribution in [2.24, 2.45) is 5.84 Å². The molecular weight excluding hydrogens is 264 g/mol. The first-order chi connectivity index (χ1) is 8.11. The van der Waals surface area contributed by atoms with Gasteiger partial charge in [-0.25, -0.2) is 10.8 Å². The predicted molar refractivity (Wildman–Crippen MR) is 65.5 cm³/mol. The number of hydrogen-bond acceptors (Lipinski definition) is 6. The lowest BCUT2D eigenvalue weighted by Gasteiger charge is -2.13. The van der Waals surface area contributed by atoms with Crippen LogP contribution in [0.3, 0.4) is 0 Å². The van der Waals surface area contributed by atoms with Crippen LogP contribution in [-0.2, 0) is 11.3 Å². The van der Waals surface area contributed by atoms with Crippen molar-refractivity contribution >= 4 is 40.3 Å². The number of anilines is 1. The average molecular weight is 273 g/mol. The molecule has 6 nitrogen and oxygen atoms in total. The Labute approximate surface area is 106 Å². The SMILES string of the molecule is NNc1ccc(Cl)c(CN2C(=O)CSC2=O)n1. The minimum Gasteiger partial charge on any atom is -0.308 e. The molecule has 0 aromatic carbocycles. The van der Waals surface area contributed by atoms with Gasteiger partial charge in [-0.2, -0.15) is 0 Å². The van der Waals surface area contributed by atoms with Crippen molar-refractivity contribution in [3.8, 4) is 0 Å². The number of amides is 2. The Hall–Kier alpha value is -1.31. The van der Waals surface area contributed by atoms with Crippen LogP contribution in [0.1, 0.15) is 5.69 Å². The number of halogens is 1. The molecule has 3 N–H and O–H groups in total. The van der Waals surface area contributed by atoms with Crippen molar-refractivity contribution in [3.05, 3.63) is 22.8 Å². The molecule has 0 aliphatic carbocycles. The van der Waals surface area contributed by atoms with Gasteiger partial charge in [0.25, 0.3) is 5.24 Å². The van der Waals surface area contributed by atoms with Crippen molar-refractivity contribution < 1.29 is 9.59 Å². The molecular formula is C9H9ClN4O2S. The molecule has 1 fully saturated rings. The van der Waals surface area contributed by atoms with Crippen molar-refractivity contribution in [3.63, 3.8) is 0 Å². The summed E-state index contributed by atoms with van der Waals surface area (Å²) in [4.78, 5) is 28.1. The lowest BCUT2D eigenvalue weighted by molar-refractivity contribution is -0.125. The summed E-state index contributed by atoms with van der Waals surface area (Å²) in [6, 6.07) is 3.21. The van der Waals surface area contributed by atoms with Gasteiger partial charge < -0.3 is 5.43 Å². The van der Waals surface area contributed by atoms with E-state index in [2.05, 4.69) is 10.4 Å². The van der Waals surface area contributed by atoms with E-state index in [0.29, 0.717) is 16.5 Å². The number of thioether (sulfide) groups is 1. The lowest BCUT2D eigenvalue weighted by atomic mass is 10.3. The van der Waals surface area contributed by atoms with Crippen LogP contribution in [0.5, 0.6) is 0 Å². The van der Waals surface area contributed by atoms with Crippen molar-refractivity contribution in [1.82, 2.24) is 9.88 Å². The molecule has 2 amide bonds. The predicted octanol–water partition coefficient (Wildman–Crippen LogP) is 1.22. The second kappa shape index (κ2) is 4.91. The molecule has 1 aromatic heterocycles. The number of nitrogen functional groups attached to an aromatic ring is 1. The number of hydrazine groups is 1. The van der Waals surface area contributed by atoms with Crippen LogP contribution >= 0.6 is 23.4 Å². The van der Waals surface area contributed by atoms with Gasteiger partial charge in [0.1, 0.15) is 5.82 Å². The van der Waals surface area contributed by atoms with E-state index in [9.17, 15) is 9.59 Å². The molecule has 2 rings (SSSR count). The van der Waals surface area contributed by atoms with Crippen LogP contribution in [0.25, 0.3) is 0 Å². The summed E-state index contributed by atoms with van der Waals surface area (Å²) in [6.45, 7) is 0.0685. The quantitative estimate of drug-likeness (QED) is 0.635. The highest BCUT2D eigenvalue weighted by Gasteiger charge is 2.30. The highest BCUT2D eigenvalue weighted by molar-refractivity contribution is 8.14. The zero-order valence-corrected chi connectivity index (χ0v) is 10.2. The number of carbonyl (C=O) groups excluding carboxylic acids is 2. The first kappa shape index (κ1) is 12.2. The Bertz CT molecular complexity index is 466. The van der Waals surface area contributed by atoms with E-state index < -0.39 is 0 Å². The van der Waals surface area contributed by atoms with E-state index in [1.807, 2.05) is 0 Å². The third-order valence-corrected chi connectivity index (χ3v) is 3.42. The summed E-state index contributed by atoms with van der Waals surface area (Å²) in [5.41, 5.74) is 2.81. The number of carbonyl (C=O) groups is 2. The summed E-state index contributed by atoms with van der Waals surface area (Å²) in [6.07, 6.45) is 0. The first-order valence-electron chi connectivity index (χ1n) is 4.71. The second-order valence-electron chi connectivity index (χ2n) is 3.30. The molecule has 1 saturated heterocycles. The van der Waals surface area contributed by atoms with Crippen molar-refractivity contribution in [1.29, 1.82) is 0 Å². The number of rotatable bonds is 3. The van der Waals surface area contributed by atoms with E-state index >= 15 is 0 Å². The van der Waals surface area contributed by atoms with Crippen LogP contribution in [0.4, 0.5) is 10.6 Å². The fourth-order valence-electron chi connectivity index (χ4n) is 1.36. The maximum atomic E-state index is 11.4.